The van der Waals surface area contributed by atoms with Crippen molar-refractivity contribution in [3.05, 3.63) is 29.6 Å². The highest BCUT2D eigenvalue weighted by Crippen LogP contribution is 2.39. The van der Waals surface area contributed by atoms with E-state index in [-0.39, 0.29) is 0 Å². The van der Waals surface area contributed by atoms with Gasteiger partial charge in [0, 0.05) is 19.0 Å². The fourth-order valence-electron chi connectivity index (χ4n) is 2.57. The minimum atomic E-state index is 0.594. The van der Waals surface area contributed by atoms with E-state index < -0.39 is 0 Å². The molecule has 0 atom stereocenters. The van der Waals surface area contributed by atoms with Crippen LogP contribution in [0.4, 0.5) is 0 Å². The lowest BCUT2D eigenvalue weighted by Crippen LogP contribution is -2.01. The van der Waals surface area contributed by atoms with E-state index in [2.05, 4.69) is 29.7 Å². The van der Waals surface area contributed by atoms with Crippen LogP contribution in [0, 0.1) is 0 Å². The fraction of sp³-hybridized carbons (Fsp3) is 0.533. The number of nitrogens with zero attached hydrogens (tertiary/aromatic N) is 2. The van der Waals surface area contributed by atoms with Gasteiger partial charge in [0.1, 0.15) is 5.82 Å². The molecule has 0 saturated heterocycles. The van der Waals surface area contributed by atoms with Crippen LogP contribution in [0.1, 0.15) is 50.0 Å². The molecule has 0 radical (unpaired) electrons. The topological polar surface area (TPSA) is 43.8 Å². The van der Waals surface area contributed by atoms with E-state index in [9.17, 15) is 0 Å². The van der Waals surface area contributed by atoms with Gasteiger partial charge in [-0.05, 0) is 37.0 Å². The van der Waals surface area contributed by atoms with Crippen LogP contribution in [-0.4, -0.2) is 9.55 Å². The molecule has 3 heteroatoms. The van der Waals surface area contributed by atoms with Crippen LogP contribution < -0.4 is 5.73 Å². The van der Waals surface area contributed by atoms with Gasteiger partial charge in [-0.2, -0.15) is 0 Å². The van der Waals surface area contributed by atoms with Crippen LogP contribution in [0.5, 0.6) is 0 Å². The van der Waals surface area contributed by atoms with Crippen LogP contribution in [0.15, 0.2) is 18.2 Å². The maximum atomic E-state index is 5.70. The van der Waals surface area contributed by atoms with Crippen molar-refractivity contribution in [2.75, 3.05) is 0 Å². The molecule has 2 N–H and O–H groups in total. The Morgan fingerprint density at radius 2 is 2.22 bits per heavy atom. The number of unbranched alkanes of at least 4 members (excludes halogenated alkanes) is 1. The van der Waals surface area contributed by atoms with Crippen LogP contribution in [0.3, 0.4) is 0 Å². The normalized spacial score (nSPS) is 15.4. The zero-order valence-electron chi connectivity index (χ0n) is 11.0. The fourth-order valence-corrected chi connectivity index (χ4v) is 2.57. The lowest BCUT2D eigenvalue weighted by atomic mass is 10.2. The summed E-state index contributed by atoms with van der Waals surface area (Å²) in [5.41, 5.74) is 9.29. The van der Waals surface area contributed by atoms with Crippen LogP contribution in [-0.2, 0) is 13.0 Å². The zero-order chi connectivity index (χ0) is 12.5. The minimum absolute atomic E-state index is 0.594. The third kappa shape index (κ3) is 2.03. The molecule has 18 heavy (non-hydrogen) atoms. The molecule has 1 aromatic carbocycles. The molecule has 96 valence electrons. The number of benzene rings is 1. The Hall–Kier alpha value is -1.35. The van der Waals surface area contributed by atoms with Crippen molar-refractivity contribution in [1.29, 1.82) is 0 Å². The summed E-state index contributed by atoms with van der Waals surface area (Å²) in [6.07, 6.45) is 6.16. The van der Waals surface area contributed by atoms with Gasteiger partial charge in [0.2, 0.25) is 0 Å². The van der Waals surface area contributed by atoms with Gasteiger partial charge >= 0.3 is 0 Å². The summed E-state index contributed by atoms with van der Waals surface area (Å²) >= 11 is 0. The summed E-state index contributed by atoms with van der Waals surface area (Å²) < 4.78 is 2.46. The van der Waals surface area contributed by atoms with E-state index >= 15 is 0 Å². The lowest BCUT2D eigenvalue weighted by molar-refractivity contribution is 0.664. The minimum Gasteiger partial charge on any atom is -0.326 e. The van der Waals surface area contributed by atoms with Gasteiger partial charge in [-0.3, -0.25) is 0 Å². The largest absolute Gasteiger partial charge is 0.326 e. The smallest absolute Gasteiger partial charge is 0.110 e. The number of aromatic nitrogens is 2. The lowest BCUT2D eigenvalue weighted by Gasteiger charge is -2.07. The highest BCUT2D eigenvalue weighted by molar-refractivity contribution is 5.77. The third-order valence-electron chi connectivity index (χ3n) is 3.73. The van der Waals surface area contributed by atoms with Crippen molar-refractivity contribution in [1.82, 2.24) is 9.55 Å². The van der Waals surface area contributed by atoms with Crippen LogP contribution in [0.25, 0.3) is 11.0 Å². The summed E-state index contributed by atoms with van der Waals surface area (Å²) in [6, 6.07) is 7.17. The van der Waals surface area contributed by atoms with E-state index in [4.69, 9.17) is 10.7 Å². The van der Waals surface area contributed by atoms with Gasteiger partial charge in [-0.25, -0.2) is 4.98 Å². The van der Waals surface area contributed by atoms with Crippen molar-refractivity contribution >= 4 is 11.0 Å². The second kappa shape index (κ2) is 4.73. The average molecular weight is 243 g/mol. The molecule has 1 fully saturated rings. The first-order valence-electron chi connectivity index (χ1n) is 7.03. The highest BCUT2D eigenvalue weighted by atomic mass is 15.1. The monoisotopic (exact) mass is 243 g/mol. The summed E-state index contributed by atoms with van der Waals surface area (Å²) in [6.45, 7) is 2.83. The van der Waals surface area contributed by atoms with Crippen LogP contribution in [0.2, 0.25) is 0 Å². The molecule has 0 amide bonds. The molecule has 0 aliphatic heterocycles. The summed E-state index contributed by atoms with van der Waals surface area (Å²) in [4.78, 5) is 4.83. The summed E-state index contributed by atoms with van der Waals surface area (Å²) in [5, 5.41) is 0. The third-order valence-corrected chi connectivity index (χ3v) is 3.73. The van der Waals surface area contributed by atoms with E-state index in [1.54, 1.807) is 0 Å². The average Bonchev–Trinajstić information content (AvgIpc) is 3.16. The Balaban J connectivity index is 2.06. The van der Waals surface area contributed by atoms with E-state index in [1.807, 2.05) is 0 Å². The van der Waals surface area contributed by atoms with Gasteiger partial charge in [0.05, 0.1) is 11.0 Å². The standard InChI is InChI=1S/C15H21N3/c1-2-3-4-15-17-13-9-11(10-16)5-8-14(13)18(15)12-6-7-12/h5,8-9,12H,2-4,6-7,10,16H2,1H3. The van der Waals surface area contributed by atoms with Crippen molar-refractivity contribution in [2.24, 2.45) is 5.73 Å². The zero-order valence-corrected chi connectivity index (χ0v) is 11.0. The molecule has 0 bridgehead atoms. The molecule has 1 saturated carbocycles. The molecule has 0 unspecified atom stereocenters. The van der Waals surface area contributed by atoms with Crippen LogP contribution >= 0.6 is 0 Å². The van der Waals surface area contributed by atoms with Crippen molar-refractivity contribution in [3.63, 3.8) is 0 Å². The van der Waals surface area contributed by atoms with E-state index in [0.29, 0.717) is 12.6 Å². The molecule has 3 nitrogen and oxygen atoms in total. The first-order chi connectivity index (χ1) is 8.83. The molecular weight excluding hydrogens is 222 g/mol. The number of aryl methyl sites for hydroxylation is 1. The molecule has 1 aromatic heterocycles. The van der Waals surface area contributed by atoms with Crippen molar-refractivity contribution in [2.45, 2.75) is 51.6 Å². The highest BCUT2D eigenvalue weighted by Gasteiger charge is 2.27. The maximum Gasteiger partial charge on any atom is 0.110 e. The van der Waals surface area contributed by atoms with E-state index in [1.165, 1.54) is 42.6 Å². The Kier molecular flexibility index (Phi) is 3.08. The number of fused-ring (bicyclic) bond motifs is 1. The molecule has 1 aliphatic rings. The van der Waals surface area contributed by atoms with Gasteiger partial charge in [0.25, 0.3) is 0 Å². The number of hydrogen-bond donors (Lipinski definition) is 1. The SMILES string of the molecule is CCCCc1nc2cc(CN)ccc2n1C1CC1. The first kappa shape index (κ1) is 11.7. The van der Waals surface area contributed by atoms with Gasteiger partial charge < -0.3 is 10.3 Å². The number of imidazole rings is 1. The Labute approximate surface area is 108 Å². The second-order valence-electron chi connectivity index (χ2n) is 5.26. The molecule has 3 rings (SSSR count). The van der Waals surface area contributed by atoms with Gasteiger partial charge in [-0.15, -0.1) is 0 Å². The first-order valence-corrected chi connectivity index (χ1v) is 7.03. The molecule has 0 spiro atoms. The predicted octanol–water partition coefficient (Wildman–Crippen LogP) is 3.17. The summed E-state index contributed by atoms with van der Waals surface area (Å²) in [5.74, 6) is 1.27. The molecular formula is C15H21N3. The molecule has 1 aliphatic carbocycles. The quantitative estimate of drug-likeness (QED) is 0.876. The number of rotatable bonds is 5. The second-order valence-corrected chi connectivity index (χ2v) is 5.26. The van der Waals surface area contributed by atoms with Gasteiger partial charge in [-0.1, -0.05) is 19.4 Å². The Morgan fingerprint density at radius 3 is 2.89 bits per heavy atom. The van der Waals surface area contributed by atoms with Gasteiger partial charge in [0.15, 0.2) is 0 Å². The number of hydrogen-bond acceptors (Lipinski definition) is 2. The van der Waals surface area contributed by atoms with E-state index in [0.717, 1.165) is 11.9 Å². The molecule has 2 aromatic rings. The summed E-state index contributed by atoms with van der Waals surface area (Å²) in [7, 11) is 0. The predicted molar refractivity (Wildman–Crippen MR) is 74.5 cm³/mol. The molecule has 1 heterocycles. The Morgan fingerprint density at radius 1 is 1.39 bits per heavy atom. The number of nitrogens with two attached hydrogens (primary N) is 1. The maximum absolute atomic E-state index is 5.70. The Bertz CT molecular complexity index is 552. The van der Waals surface area contributed by atoms with Crippen molar-refractivity contribution < 1.29 is 0 Å². The van der Waals surface area contributed by atoms with Crippen molar-refractivity contribution in [3.8, 4) is 0 Å².